The largest absolute Gasteiger partial charge is 0.347 e. The van der Waals surface area contributed by atoms with Crippen molar-refractivity contribution in [1.82, 2.24) is 19.3 Å². The van der Waals surface area contributed by atoms with Crippen molar-refractivity contribution >= 4 is 16.8 Å². The highest BCUT2D eigenvalue weighted by atomic mass is 16.2. The topological polar surface area (TPSA) is 31.7 Å². The smallest absolute Gasteiger partial charge is 0.256 e. The lowest BCUT2D eigenvalue weighted by atomic mass is 10.0. The van der Waals surface area contributed by atoms with Gasteiger partial charge in [-0.1, -0.05) is 18.2 Å². The summed E-state index contributed by atoms with van der Waals surface area (Å²) in [7, 11) is 2.22. The Hall–Kier alpha value is -1.85. The Morgan fingerprint density at radius 1 is 1.12 bits per heavy atom. The summed E-state index contributed by atoms with van der Waals surface area (Å²) in [6.45, 7) is 9.06. The molecule has 3 heterocycles. The first-order valence-electron chi connectivity index (χ1n) is 9.97. The SMILES string of the molecule is CCn1cc(C(=O)N2CCN(C3CCCN(C)C3)CC2)c2ccccc21. The summed E-state index contributed by atoms with van der Waals surface area (Å²) in [6, 6.07) is 8.91. The van der Waals surface area contributed by atoms with Crippen LogP contribution in [0.1, 0.15) is 30.1 Å². The molecule has 1 atom stereocenters. The molecular formula is C21H30N4O. The molecule has 26 heavy (non-hydrogen) atoms. The van der Waals surface area contributed by atoms with Gasteiger partial charge in [0.1, 0.15) is 0 Å². The number of carbonyl (C=O) groups excluding carboxylic acids is 1. The highest BCUT2D eigenvalue weighted by Crippen LogP contribution is 2.24. The van der Waals surface area contributed by atoms with Crippen LogP contribution < -0.4 is 0 Å². The van der Waals surface area contributed by atoms with Crippen molar-refractivity contribution in [2.24, 2.45) is 0 Å². The molecule has 2 saturated heterocycles. The summed E-state index contributed by atoms with van der Waals surface area (Å²) in [6.07, 6.45) is 4.62. The van der Waals surface area contributed by atoms with Crippen LogP contribution in [0.2, 0.25) is 0 Å². The number of aryl methyl sites for hydroxylation is 1. The Kier molecular flexibility index (Phi) is 5.00. The van der Waals surface area contributed by atoms with Gasteiger partial charge in [-0.3, -0.25) is 9.69 Å². The van der Waals surface area contributed by atoms with Gasteiger partial charge in [0.25, 0.3) is 5.91 Å². The molecule has 4 rings (SSSR count). The van der Waals surface area contributed by atoms with Crippen molar-refractivity contribution in [3.63, 3.8) is 0 Å². The van der Waals surface area contributed by atoms with Gasteiger partial charge in [-0.05, 0) is 39.4 Å². The van der Waals surface area contributed by atoms with Gasteiger partial charge in [0, 0.05) is 62.4 Å². The number of para-hydroxylation sites is 1. The Morgan fingerprint density at radius 3 is 2.62 bits per heavy atom. The summed E-state index contributed by atoms with van der Waals surface area (Å²) in [4.78, 5) is 20.2. The van der Waals surface area contributed by atoms with E-state index in [2.05, 4.69) is 40.5 Å². The zero-order valence-electron chi connectivity index (χ0n) is 16.0. The molecule has 0 radical (unpaired) electrons. The van der Waals surface area contributed by atoms with Crippen LogP contribution in [0.25, 0.3) is 10.9 Å². The predicted octanol–water partition coefficient (Wildman–Crippen LogP) is 2.51. The maximum Gasteiger partial charge on any atom is 0.256 e. The van der Waals surface area contributed by atoms with E-state index in [1.54, 1.807) is 0 Å². The average Bonchev–Trinajstić information content (AvgIpc) is 3.06. The molecule has 1 aromatic heterocycles. The minimum absolute atomic E-state index is 0.189. The number of carbonyl (C=O) groups is 1. The van der Waals surface area contributed by atoms with Gasteiger partial charge in [0.2, 0.25) is 0 Å². The lowest BCUT2D eigenvalue weighted by Gasteiger charge is -2.42. The number of aromatic nitrogens is 1. The normalized spacial score (nSPS) is 22.8. The Labute approximate surface area is 156 Å². The monoisotopic (exact) mass is 354 g/mol. The summed E-state index contributed by atoms with van der Waals surface area (Å²) >= 11 is 0. The fourth-order valence-corrected chi connectivity index (χ4v) is 4.58. The Morgan fingerprint density at radius 2 is 1.88 bits per heavy atom. The number of nitrogens with zero attached hydrogens (tertiary/aromatic N) is 4. The van der Waals surface area contributed by atoms with E-state index < -0.39 is 0 Å². The van der Waals surface area contributed by atoms with E-state index in [0.717, 1.165) is 55.7 Å². The molecule has 1 aromatic carbocycles. The molecule has 2 aliphatic heterocycles. The quantitative estimate of drug-likeness (QED) is 0.849. The molecule has 0 bridgehead atoms. The van der Waals surface area contributed by atoms with Crippen molar-refractivity contribution in [3.8, 4) is 0 Å². The van der Waals surface area contributed by atoms with Gasteiger partial charge in [0.15, 0.2) is 0 Å². The van der Waals surface area contributed by atoms with Crippen LogP contribution in [-0.2, 0) is 6.54 Å². The summed E-state index contributed by atoms with van der Waals surface area (Å²) in [5.74, 6) is 0.189. The molecule has 0 N–H and O–H groups in total. The van der Waals surface area contributed by atoms with E-state index in [4.69, 9.17) is 0 Å². The fraction of sp³-hybridized carbons (Fsp3) is 0.571. The number of piperidine rings is 1. The van der Waals surface area contributed by atoms with Crippen LogP contribution in [0.15, 0.2) is 30.5 Å². The number of likely N-dealkylation sites (tertiary alicyclic amines) is 1. The van der Waals surface area contributed by atoms with Crippen LogP contribution in [0.4, 0.5) is 0 Å². The van der Waals surface area contributed by atoms with Gasteiger partial charge < -0.3 is 14.4 Å². The molecule has 2 aromatic rings. The highest BCUT2D eigenvalue weighted by Gasteiger charge is 2.29. The number of fused-ring (bicyclic) bond motifs is 1. The average molecular weight is 354 g/mol. The van der Waals surface area contributed by atoms with Crippen molar-refractivity contribution in [2.45, 2.75) is 32.4 Å². The Bertz CT molecular complexity index is 775. The first kappa shape index (κ1) is 17.6. The third-order valence-corrected chi connectivity index (χ3v) is 6.08. The lowest BCUT2D eigenvalue weighted by molar-refractivity contribution is 0.0453. The number of likely N-dealkylation sites (N-methyl/N-ethyl adjacent to an activating group) is 1. The molecule has 5 heteroatoms. The zero-order valence-corrected chi connectivity index (χ0v) is 16.0. The van der Waals surface area contributed by atoms with Gasteiger partial charge in [0.05, 0.1) is 5.56 Å². The van der Waals surface area contributed by atoms with Crippen molar-refractivity contribution in [1.29, 1.82) is 0 Å². The standard InChI is InChI=1S/C21H30N4O/c1-3-23-16-19(18-8-4-5-9-20(18)23)21(26)25-13-11-24(12-14-25)17-7-6-10-22(2)15-17/h4-5,8-9,16-17H,3,6-7,10-15H2,1-2H3. The van der Waals surface area contributed by atoms with E-state index in [1.165, 1.54) is 19.4 Å². The van der Waals surface area contributed by atoms with Crippen LogP contribution in [0.3, 0.4) is 0 Å². The van der Waals surface area contributed by atoms with Crippen LogP contribution in [-0.4, -0.2) is 77.5 Å². The molecule has 140 valence electrons. The third kappa shape index (κ3) is 3.26. The minimum Gasteiger partial charge on any atom is -0.347 e. The van der Waals surface area contributed by atoms with E-state index in [-0.39, 0.29) is 5.91 Å². The second-order valence-corrected chi connectivity index (χ2v) is 7.73. The first-order valence-corrected chi connectivity index (χ1v) is 9.97. The maximum atomic E-state index is 13.2. The molecule has 0 saturated carbocycles. The molecular weight excluding hydrogens is 324 g/mol. The molecule has 1 amide bonds. The summed E-state index contributed by atoms with van der Waals surface area (Å²) in [5, 5.41) is 1.08. The number of hydrogen-bond acceptors (Lipinski definition) is 3. The fourth-order valence-electron chi connectivity index (χ4n) is 4.58. The van der Waals surface area contributed by atoms with Crippen LogP contribution >= 0.6 is 0 Å². The molecule has 0 spiro atoms. The van der Waals surface area contributed by atoms with Crippen molar-refractivity contribution < 1.29 is 4.79 Å². The van der Waals surface area contributed by atoms with Crippen LogP contribution in [0.5, 0.6) is 0 Å². The molecule has 5 nitrogen and oxygen atoms in total. The van der Waals surface area contributed by atoms with Gasteiger partial charge in [-0.2, -0.15) is 0 Å². The van der Waals surface area contributed by atoms with E-state index in [9.17, 15) is 4.79 Å². The summed E-state index contributed by atoms with van der Waals surface area (Å²) in [5.41, 5.74) is 2.01. The Balaban J connectivity index is 1.46. The number of rotatable bonds is 3. The van der Waals surface area contributed by atoms with Gasteiger partial charge in [-0.15, -0.1) is 0 Å². The lowest BCUT2D eigenvalue weighted by Crippen LogP contribution is -2.55. The van der Waals surface area contributed by atoms with E-state index in [1.807, 2.05) is 23.2 Å². The predicted molar refractivity (Wildman–Crippen MR) is 106 cm³/mol. The molecule has 2 aliphatic rings. The van der Waals surface area contributed by atoms with E-state index >= 15 is 0 Å². The minimum atomic E-state index is 0.189. The van der Waals surface area contributed by atoms with Crippen LogP contribution in [0, 0.1) is 0 Å². The summed E-state index contributed by atoms with van der Waals surface area (Å²) < 4.78 is 2.18. The third-order valence-electron chi connectivity index (χ3n) is 6.08. The molecule has 1 unspecified atom stereocenters. The molecule has 2 fully saturated rings. The van der Waals surface area contributed by atoms with Crippen molar-refractivity contribution in [3.05, 3.63) is 36.0 Å². The zero-order chi connectivity index (χ0) is 18.1. The van der Waals surface area contributed by atoms with Crippen molar-refractivity contribution in [2.75, 3.05) is 46.3 Å². The number of benzene rings is 1. The maximum absolute atomic E-state index is 13.2. The first-order chi connectivity index (χ1) is 12.7. The van der Waals surface area contributed by atoms with Gasteiger partial charge in [-0.25, -0.2) is 0 Å². The van der Waals surface area contributed by atoms with Gasteiger partial charge >= 0.3 is 0 Å². The van der Waals surface area contributed by atoms with E-state index in [0.29, 0.717) is 6.04 Å². The second-order valence-electron chi connectivity index (χ2n) is 7.73. The number of piperazine rings is 1. The molecule has 0 aliphatic carbocycles. The number of hydrogen-bond donors (Lipinski definition) is 0. The highest BCUT2D eigenvalue weighted by molar-refractivity contribution is 6.07. The second kappa shape index (κ2) is 7.41. The number of amides is 1.